The van der Waals surface area contributed by atoms with Crippen LogP contribution >= 0.6 is 11.8 Å². The predicted molar refractivity (Wildman–Crippen MR) is 82.8 cm³/mol. The molecule has 1 aromatic carbocycles. The molecular formula is C14H13F3N4O3S. The second-order valence-corrected chi connectivity index (χ2v) is 5.80. The van der Waals surface area contributed by atoms with E-state index in [-0.39, 0.29) is 16.9 Å². The van der Waals surface area contributed by atoms with Gasteiger partial charge < -0.3 is 9.73 Å². The first-order chi connectivity index (χ1) is 11.7. The number of aryl methyl sites for hydroxylation is 1. The molecule has 2 aromatic rings. The normalized spacial score (nSPS) is 11.2. The van der Waals surface area contributed by atoms with Gasteiger partial charge in [-0.2, -0.15) is 13.2 Å². The minimum absolute atomic E-state index is 0.0985. The highest BCUT2D eigenvalue weighted by Gasteiger charge is 2.28. The van der Waals surface area contributed by atoms with Gasteiger partial charge in [0, 0.05) is 5.56 Å². The Hall–Kier alpha value is -2.56. The van der Waals surface area contributed by atoms with Gasteiger partial charge in [0.15, 0.2) is 0 Å². The van der Waals surface area contributed by atoms with Gasteiger partial charge in [0.2, 0.25) is 11.8 Å². The molecule has 1 aromatic heterocycles. The molecule has 0 saturated heterocycles. The standard InChI is InChI=1S/C14H13F3N4O3S/c1-8-2-4-9(5-3-8)11-20-21-13(24-11)25-6-10(22)19-12(23)18-7-14(15,16)17/h2-5H,6-7H2,1H3,(H2,18,19,22,23). The van der Waals surface area contributed by atoms with E-state index in [9.17, 15) is 22.8 Å². The second kappa shape index (κ2) is 8.01. The van der Waals surface area contributed by atoms with Crippen molar-refractivity contribution in [1.29, 1.82) is 0 Å². The van der Waals surface area contributed by atoms with E-state index < -0.39 is 24.7 Å². The number of rotatable bonds is 5. The molecule has 0 aliphatic heterocycles. The number of imide groups is 1. The smallest absolute Gasteiger partial charge is 0.405 e. The molecule has 7 nitrogen and oxygen atoms in total. The second-order valence-electron chi connectivity index (χ2n) is 4.87. The van der Waals surface area contributed by atoms with E-state index in [2.05, 4.69) is 10.2 Å². The number of amides is 3. The molecule has 0 aliphatic rings. The lowest BCUT2D eigenvalue weighted by Crippen LogP contribution is -2.43. The average molecular weight is 374 g/mol. The van der Waals surface area contributed by atoms with Gasteiger partial charge in [-0.25, -0.2) is 4.79 Å². The zero-order chi connectivity index (χ0) is 18.4. The van der Waals surface area contributed by atoms with Crippen LogP contribution in [0.2, 0.25) is 0 Å². The lowest BCUT2D eigenvalue weighted by molar-refractivity contribution is -0.124. The van der Waals surface area contributed by atoms with Crippen LogP contribution in [-0.2, 0) is 4.79 Å². The number of nitrogens with zero attached hydrogens (tertiary/aromatic N) is 2. The van der Waals surface area contributed by atoms with E-state index in [1.54, 1.807) is 17.4 Å². The molecule has 1 heterocycles. The minimum Gasteiger partial charge on any atom is -0.411 e. The molecule has 134 valence electrons. The molecule has 0 radical (unpaired) electrons. The van der Waals surface area contributed by atoms with Crippen molar-refractivity contribution < 1.29 is 27.2 Å². The van der Waals surface area contributed by atoms with E-state index in [0.717, 1.165) is 17.3 Å². The van der Waals surface area contributed by atoms with Crippen LogP contribution in [0.3, 0.4) is 0 Å². The molecule has 0 unspecified atom stereocenters. The lowest BCUT2D eigenvalue weighted by atomic mass is 10.1. The number of alkyl halides is 3. The molecule has 0 spiro atoms. The van der Waals surface area contributed by atoms with Crippen molar-refractivity contribution in [3.05, 3.63) is 29.8 Å². The van der Waals surface area contributed by atoms with Crippen molar-refractivity contribution in [2.75, 3.05) is 12.3 Å². The first-order valence-electron chi connectivity index (χ1n) is 6.91. The summed E-state index contributed by atoms with van der Waals surface area (Å²) in [6, 6.07) is 6.12. The maximum absolute atomic E-state index is 11.9. The first-order valence-corrected chi connectivity index (χ1v) is 7.89. The quantitative estimate of drug-likeness (QED) is 0.781. The molecule has 0 saturated carbocycles. The van der Waals surface area contributed by atoms with Gasteiger partial charge in [0.1, 0.15) is 6.54 Å². The highest BCUT2D eigenvalue weighted by Crippen LogP contribution is 2.23. The molecule has 25 heavy (non-hydrogen) atoms. The number of carbonyl (C=O) groups is 2. The summed E-state index contributed by atoms with van der Waals surface area (Å²) in [7, 11) is 0. The summed E-state index contributed by atoms with van der Waals surface area (Å²) in [4.78, 5) is 22.6. The highest BCUT2D eigenvalue weighted by atomic mass is 32.2. The third-order valence-corrected chi connectivity index (χ3v) is 3.55. The van der Waals surface area contributed by atoms with Crippen LogP contribution < -0.4 is 10.6 Å². The number of aromatic nitrogens is 2. The van der Waals surface area contributed by atoms with Crippen LogP contribution in [0.4, 0.5) is 18.0 Å². The molecule has 2 rings (SSSR count). The number of nitrogens with one attached hydrogen (secondary N) is 2. The molecule has 0 bridgehead atoms. The van der Waals surface area contributed by atoms with E-state index in [0.29, 0.717) is 5.56 Å². The van der Waals surface area contributed by atoms with Gasteiger partial charge in [-0.05, 0) is 19.1 Å². The van der Waals surface area contributed by atoms with E-state index in [1.165, 1.54) is 5.32 Å². The third-order valence-electron chi connectivity index (χ3n) is 2.73. The maximum atomic E-state index is 11.9. The summed E-state index contributed by atoms with van der Waals surface area (Å²) in [6.45, 7) is 0.408. The Labute approximate surface area is 144 Å². The molecule has 11 heteroatoms. The van der Waals surface area contributed by atoms with Crippen LogP contribution in [-0.4, -0.2) is 40.6 Å². The third kappa shape index (κ3) is 6.45. The number of thioether (sulfide) groups is 1. The van der Waals surface area contributed by atoms with E-state index in [1.807, 2.05) is 19.1 Å². The fourth-order valence-electron chi connectivity index (χ4n) is 1.60. The van der Waals surface area contributed by atoms with Crippen molar-refractivity contribution >= 4 is 23.7 Å². The number of carbonyl (C=O) groups excluding carboxylic acids is 2. The van der Waals surface area contributed by atoms with Crippen LogP contribution in [0.15, 0.2) is 33.9 Å². The fraction of sp³-hybridized carbons (Fsp3) is 0.286. The number of hydrogen-bond donors (Lipinski definition) is 2. The first kappa shape index (κ1) is 18.8. The monoisotopic (exact) mass is 374 g/mol. The molecule has 0 aliphatic carbocycles. The summed E-state index contributed by atoms with van der Waals surface area (Å²) < 4.78 is 41.2. The Morgan fingerprint density at radius 3 is 2.52 bits per heavy atom. The van der Waals surface area contributed by atoms with Gasteiger partial charge in [0.05, 0.1) is 5.75 Å². The minimum atomic E-state index is -4.55. The Kier molecular flexibility index (Phi) is 6.02. The SMILES string of the molecule is Cc1ccc(-c2nnc(SCC(=O)NC(=O)NCC(F)(F)F)o2)cc1. The van der Waals surface area contributed by atoms with Crippen LogP contribution in [0.1, 0.15) is 5.56 Å². The van der Waals surface area contributed by atoms with Crippen molar-refractivity contribution in [3.8, 4) is 11.5 Å². The maximum Gasteiger partial charge on any atom is 0.405 e. The largest absolute Gasteiger partial charge is 0.411 e. The Morgan fingerprint density at radius 2 is 1.88 bits per heavy atom. The molecule has 0 atom stereocenters. The average Bonchev–Trinajstić information content (AvgIpc) is 3.00. The summed E-state index contributed by atoms with van der Waals surface area (Å²) in [5, 5.41) is 11.0. The van der Waals surface area contributed by atoms with Crippen LogP contribution in [0.5, 0.6) is 0 Å². The topological polar surface area (TPSA) is 97.1 Å². The van der Waals surface area contributed by atoms with E-state index in [4.69, 9.17) is 4.42 Å². The van der Waals surface area contributed by atoms with Crippen molar-refractivity contribution in [1.82, 2.24) is 20.8 Å². The Morgan fingerprint density at radius 1 is 1.20 bits per heavy atom. The Balaban J connectivity index is 1.80. The summed E-state index contributed by atoms with van der Waals surface area (Å²) in [6.07, 6.45) is -4.55. The van der Waals surface area contributed by atoms with Gasteiger partial charge in [-0.1, -0.05) is 29.5 Å². The van der Waals surface area contributed by atoms with Crippen LogP contribution in [0, 0.1) is 6.92 Å². The molecular weight excluding hydrogens is 361 g/mol. The van der Waals surface area contributed by atoms with Crippen molar-refractivity contribution in [2.24, 2.45) is 0 Å². The van der Waals surface area contributed by atoms with Crippen molar-refractivity contribution in [2.45, 2.75) is 18.3 Å². The summed E-state index contributed by atoms with van der Waals surface area (Å²) >= 11 is 0.858. The number of halogens is 3. The summed E-state index contributed by atoms with van der Waals surface area (Å²) in [5.74, 6) is -0.791. The predicted octanol–water partition coefficient (Wildman–Crippen LogP) is 2.53. The zero-order valence-electron chi connectivity index (χ0n) is 12.9. The van der Waals surface area contributed by atoms with Crippen molar-refractivity contribution in [3.63, 3.8) is 0 Å². The fourth-order valence-corrected chi connectivity index (χ4v) is 2.16. The Bertz CT molecular complexity index is 747. The van der Waals surface area contributed by atoms with Crippen LogP contribution in [0.25, 0.3) is 11.5 Å². The lowest BCUT2D eigenvalue weighted by Gasteiger charge is -2.08. The van der Waals surface area contributed by atoms with Gasteiger partial charge in [-0.3, -0.25) is 10.1 Å². The summed E-state index contributed by atoms with van der Waals surface area (Å²) in [5.41, 5.74) is 1.78. The molecule has 2 N–H and O–H groups in total. The van der Waals surface area contributed by atoms with Gasteiger partial charge >= 0.3 is 12.2 Å². The van der Waals surface area contributed by atoms with Gasteiger partial charge in [-0.15, -0.1) is 10.2 Å². The molecule has 3 amide bonds. The zero-order valence-corrected chi connectivity index (χ0v) is 13.7. The number of benzene rings is 1. The number of hydrogen-bond acceptors (Lipinski definition) is 6. The highest BCUT2D eigenvalue weighted by molar-refractivity contribution is 7.99. The molecule has 0 fully saturated rings. The van der Waals surface area contributed by atoms with Gasteiger partial charge in [0.25, 0.3) is 5.22 Å². The number of urea groups is 1. The van der Waals surface area contributed by atoms with E-state index >= 15 is 0 Å².